The maximum Gasteiger partial charge on any atom is 0.317 e. The molecule has 1 heterocycles. The molecule has 140 valence electrons. The van der Waals surface area contributed by atoms with Gasteiger partial charge in [0.05, 0.1) is 6.26 Å². The van der Waals surface area contributed by atoms with Gasteiger partial charge in [-0.2, -0.15) is 0 Å². The number of amides is 2. The standard InChI is InChI=1S/C17H28N4O3S/c1-15(19(2)16-8-5-4-6-9-16)14-18-17(22)20-10-7-11-21(13-12-20)25(3,23)24/h4-6,8-9,15H,7,10-14H2,1-3H3,(H,18,22). The molecule has 0 aromatic heterocycles. The van der Waals surface area contributed by atoms with E-state index in [0.717, 1.165) is 5.69 Å². The van der Waals surface area contributed by atoms with Gasteiger partial charge < -0.3 is 15.1 Å². The molecule has 1 aliphatic heterocycles. The lowest BCUT2D eigenvalue weighted by Gasteiger charge is -2.28. The minimum atomic E-state index is -3.20. The predicted molar refractivity (Wildman–Crippen MR) is 100 cm³/mol. The summed E-state index contributed by atoms with van der Waals surface area (Å²) in [6, 6.07) is 10.0. The highest BCUT2D eigenvalue weighted by Crippen LogP contribution is 2.13. The number of sulfonamides is 1. The second-order valence-electron chi connectivity index (χ2n) is 6.48. The summed E-state index contributed by atoms with van der Waals surface area (Å²) in [5.41, 5.74) is 1.10. The highest BCUT2D eigenvalue weighted by Gasteiger charge is 2.24. The number of hydrogen-bond donors (Lipinski definition) is 1. The highest BCUT2D eigenvalue weighted by molar-refractivity contribution is 7.88. The van der Waals surface area contributed by atoms with Crippen LogP contribution in [0.15, 0.2) is 30.3 Å². The fraction of sp³-hybridized carbons (Fsp3) is 0.588. The Bertz CT molecular complexity index is 666. The van der Waals surface area contributed by atoms with Gasteiger partial charge in [-0.3, -0.25) is 0 Å². The molecule has 1 atom stereocenters. The summed E-state index contributed by atoms with van der Waals surface area (Å²) in [6.07, 6.45) is 1.86. The van der Waals surface area contributed by atoms with Crippen molar-refractivity contribution in [2.24, 2.45) is 0 Å². The van der Waals surface area contributed by atoms with Gasteiger partial charge in [-0.15, -0.1) is 0 Å². The van der Waals surface area contributed by atoms with E-state index in [0.29, 0.717) is 39.1 Å². The van der Waals surface area contributed by atoms with Gasteiger partial charge in [-0.05, 0) is 25.5 Å². The maximum absolute atomic E-state index is 12.4. The van der Waals surface area contributed by atoms with Crippen molar-refractivity contribution >= 4 is 21.7 Å². The Morgan fingerprint density at radius 1 is 1.20 bits per heavy atom. The Morgan fingerprint density at radius 3 is 2.52 bits per heavy atom. The topological polar surface area (TPSA) is 73.0 Å². The smallest absolute Gasteiger partial charge is 0.317 e. The Kier molecular flexibility index (Phi) is 6.66. The molecule has 0 saturated carbocycles. The number of nitrogens with one attached hydrogen (secondary N) is 1. The van der Waals surface area contributed by atoms with E-state index in [9.17, 15) is 13.2 Å². The molecule has 0 aliphatic carbocycles. The second kappa shape index (κ2) is 8.53. The molecule has 1 aliphatic rings. The molecular weight excluding hydrogens is 340 g/mol. The number of para-hydroxylation sites is 1. The van der Waals surface area contributed by atoms with Crippen molar-refractivity contribution in [3.63, 3.8) is 0 Å². The first kappa shape index (κ1) is 19.5. The largest absolute Gasteiger partial charge is 0.370 e. The Balaban J connectivity index is 1.83. The van der Waals surface area contributed by atoms with E-state index in [1.54, 1.807) is 4.90 Å². The quantitative estimate of drug-likeness (QED) is 0.847. The van der Waals surface area contributed by atoms with Crippen molar-refractivity contribution in [2.45, 2.75) is 19.4 Å². The second-order valence-corrected chi connectivity index (χ2v) is 8.47. The highest BCUT2D eigenvalue weighted by atomic mass is 32.2. The molecule has 1 fully saturated rings. The van der Waals surface area contributed by atoms with E-state index >= 15 is 0 Å². The first-order chi connectivity index (χ1) is 11.8. The lowest BCUT2D eigenvalue weighted by molar-refractivity contribution is 0.200. The summed E-state index contributed by atoms with van der Waals surface area (Å²) < 4.78 is 24.7. The van der Waals surface area contributed by atoms with Crippen molar-refractivity contribution in [3.8, 4) is 0 Å². The van der Waals surface area contributed by atoms with E-state index in [2.05, 4.69) is 17.1 Å². The van der Waals surface area contributed by atoms with Crippen LogP contribution >= 0.6 is 0 Å². The third-order valence-corrected chi connectivity index (χ3v) is 5.89. The van der Waals surface area contributed by atoms with Gasteiger partial charge in [-0.25, -0.2) is 17.5 Å². The summed E-state index contributed by atoms with van der Waals surface area (Å²) in [4.78, 5) is 16.2. The van der Waals surface area contributed by atoms with Gasteiger partial charge >= 0.3 is 6.03 Å². The van der Waals surface area contributed by atoms with Crippen LogP contribution in [-0.2, 0) is 10.0 Å². The van der Waals surface area contributed by atoms with E-state index in [4.69, 9.17) is 0 Å². The molecule has 0 radical (unpaired) electrons. The zero-order valence-corrected chi connectivity index (χ0v) is 16.0. The van der Waals surface area contributed by atoms with E-state index in [1.165, 1.54) is 10.6 Å². The van der Waals surface area contributed by atoms with Gasteiger partial charge in [0, 0.05) is 51.5 Å². The SMILES string of the molecule is CC(CNC(=O)N1CCCN(S(C)(=O)=O)CC1)N(C)c1ccccc1. The molecule has 1 aromatic rings. The van der Waals surface area contributed by atoms with Gasteiger partial charge in [0.2, 0.25) is 10.0 Å². The number of anilines is 1. The van der Waals surface area contributed by atoms with Crippen molar-refractivity contribution in [1.82, 2.24) is 14.5 Å². The number of rotatable bonds is 5. The summed E-state index contributed by atoms with van der Waals surface area (Å²) in [5.74, 6) is 0. The van der Waals surface area contributed by atoms with Crippen LogP contribution in [0.4, 0.5) is 10.5 Å². The molecule has 0 bridgehead atoms. The van der Waals surface area contributed by atoms with E-state index in [-0.39, 0.29) is 12.1 Å². The predicted octanol–water partition coefficient (Wildman–Crippen LogP) is 1.19. The molecule has 1 N–H and O–H groups in total. The molecule has 8 heteroatoms. The molecule has 1 aromatic carbocycles. The maximum atomic E-state index is 12.4. The average Bonchev–Trinajstić information content (AvgIpc) is 2.85. The fourth-order valence-electron chi connectivity index (χ4n) is 2.83. The van der Waals surface area contributed by atoms with Gasteiger partial charge in [-0.1, -0.05) is 18.2 Å². The van der Waals surface area contributed by atoms with Gasteiger partial charge in [0.1, 0.15) is 0 Å². The van der Waals surface area contributed by atoms with Crippen LogP contribution in [0, 0.1) is 0 Å². The fourth-order valence-corrected chi connectivity index (χ4v) is 3.70. The molecule has 7 nitrogen and oxygen atoms in total. The lowest BCUT2D eigenvalue weighted by Crippen LogP contribution is -2.47. The number of carbonyl (C=O) groups excluding carboxylic acids is 1. The summed E-state index contributed by atoms with van der Waals surface area (Å²) >= 11 is 0. The van der Waals surface area contributed by atoms with Crippen molar-refractivity contribution in [1.29, 1.82) is 0 Å². The minimum absolute atomic E-state index is 0.135. The van der Waals surface area contributed by atoms with Gasteiger partial charge in [0.25, 0.3) is 0 Å². The molecular formula is C17H28N4O3S. The zero-order valence-electron chi connectivity index (χ0n) is 15.2. The lowest BCUT2D eigenvalue weighted by atomic mass is 10.2. The van der Waals surface area contributed by atoms with Crippen LogP contribution < -0.4 is 10.2 Å². The number of hydrogen-bond acceptors (Lipinski definition) is 4. The zero-order chi connectivity index (χ0) is 18.4. The van der Waals surface area contributed by atoms with Crippen LogP contribution in [-0.4, -0.2) is 75.7 Å². The first-order valence-corrected chi connectivity index (χ1v) is 10.4. The summed E-state index contributed by atoms with van der Waals surface area (Å²) in [5, 5.41) is 2.96. The first-order valence-electron chi connectivity index (χ1n) is 8.55. The minimum Gasteiger partial charge on any atom is -0.370 e. The van der Waals surface area contributed by atoms with Crippen LogP contribution in [0.2, 0.25) is 0 Å². The monoisotopic (exact) mass is 368 g/mol. The third kappa shape index (κ3) is 5.61. The van der Waals surface area contributed by atoms with Crippen LogP contribution in [0.1, 0.15) is 13.3 Å². The molecule has 25 heavy (non-hydrogen) atoms. The van der Waals surface area contributed by atoms with Crippen LogP contribution in [0.3, 0.4) is 0 Å². The molecule has 0 spiro atoms. The van der Waals surface area contributed by atoms with Crippen LogP contribution in [0.25, 0.3) is 0 Å². The van der Waals surface area contributed by atoms with Gasteiger partial charge in [0.15, 0.2) is 0 Å². The normalized spacial score (nSPS) is 17.6. The van der Waals surface area contributed by atoms with Crippen molar-refractivity contribution in [3.05, 3.63) is 30.3 Å². The Labute approximate surface area is 150 Å². The summed E-state index contributed by atoms with van der Waals surface area (Å²) in [7, 11) is -1.20. The molecule has 2 rings (SSSR count). The number of nitrogens with zero attached hydrogens (tertiary/aromatic N) is 3. The van der Waals surface area contributed by atoms with Crippen molar-refractivity contribution < 1.29 is 13.2 Å². The van der Waals surface area contributed by atoms with E-state index in [1.807, 2.05) is 37.4 Å². The molecule has 1 saturated heterocycles. The van der Waals surface area contributed by atoms with Crippen molar-refractivity contribution in [2.75, 3.05) is 50.9 Å². The number of benzene rings is 1. The Hall–Kier alpha value is -1.80. The number of urea groups is 1. The van der Waals surface area contributed by atoms with Crippen LogP contribution in [0.5, 0.6) is 0 Å². The summed E-state index contributed by atoms with van der Waals surface area (Å²) in [6.45, 7) is 4.39. The average molecular weight is 369 g/mol. The Morgan fingerprint density at radius 2 is 1.88 bits per heavy atom. The molecule has 2 amide bonds. The third-order valence-electron chi connectivity index (χ3n) is 4.58. The molecule has 1 unspecified atom stereocenters. The van der Waals surface area contributed by atoms with E-state index < -0.39 is 10.0 Å². The number of carbonyl (C=O) groups is 1. The number of likely N-dealkylation sites (N-methyl/N-ethyl adjacent to an activating group) is 1.